The molecule has 4 heterocycles. The predicted octanol–water partition coefficient (Wildman–Crippen LogP) is 4.08. The summed E-state index contributed by atoms with van der Waals surface area (Å²) in [7, 11) is -1.28. The zero-order valence-electron chi connectivity index (χ0n) is 22.5. The lowest BCUT2D eigenvalue weighted by Crippen LogP contribution is -2.49. The van der Waals surface area contributed by atoms with Gasteiger partial charge in [-0.3, -0.25) is 4.68 Å². The van der Waals surface area contributed by atoms with E-state index in [1.807, 2.05) is 74.0 Å². The van der Waals surface area contributed by atoms with Gasteiger partial charge < -0.3 is 14.6 Å². The van der Waals surface area contributed by atoms with E-state index in [9.17, 15) is 8.42 Å². The van der Waals surface area contributed by atoms with Gasteiger partial charge in [0.1, 0.15) is 29.5 Å². The molecule has 0 radical (unpaired) electrons. The number of H-pyrrole nitrogens is 1. The monoisotopic (exact) mass is 557 g/mol. The van der Waals surface area contributed by atoms with E-state index in [1.54, 1.807) is 15.9 Å². The molecule has 1 aliphatic heterocycles. The van der Waals surface area contributed by atoms with Crippen molar-refractivity contribution in [2.45, 2.75) is 13.5 Å². The van der Waals surface area contributed by atoms with E-state index >= 15 is 0 Å². The highest BCUT2D eigenvalue weighted by molar-refractivity contribution is 7.89. The van der Waals surface area contributed by atoms with Crippen LogP contribution < -0.4 is 9.64 Å². The quantitative estimate of drug-likeness (QED) is 0.306. The number of aromatic amines is 1. The van der Waals surface area contributed by atoms with Gasteiger partial charge in [-0.2, -0.15) is 9.40 Å². The minimum absolute atomic E-state index is 0.122. The maximum absolute atomic E-state index is 12.2. The third kappa shape index (κ3) is 5.30. The van der Waals surface area contributed by atoms with Crippen molar-refractivity contribution >= 4 is 27.0 Å². The Labute approximate surface area is 233 Å². The molecule has 0 spiro atoms. The Morgan fingerprint density at radius 2 is 1.75 bits per heavy atom. The Morgan fingerprint density at radius 3 is 2.48 bits per heavy atom. The first-order valence-electron chi connectivity index (χ1n) is 13.3. The SMILES string of the molecule is CCS(=O)(=O)N1CCN(c2ccc3nc(-c4ccc(OCc5ccccc5)c(-c5cnn(C)c5)c4)[nH]c3n2)CC1. The zero-order valence-corrected chi connectivity index (χ0v) is 23.3. The van der Waals surface area contributed by atoms with Gasteiger partial charge in [0.05, 0.1) is 11.9 Å². The van der Waals surface area contributed by atoms with Crippen LogP contribution in [0.2, 0.25) is 0 Å². The molecule has 3 aromatic heterocycles. The van der Waals surface area contributed by atoms with Gasteiger partial charge >= 0.3 is 0 Å². The molecule has 206 valence electrons. The van der Waals surface area contributed by atoms with Crippen molar-refractivity contribution in [3.63, 3.8) is 0 Å². The molecule has 0 atom stereocenters. The molecule has 11 heteroatoms. The molecule has 1 N–H and O–H groups in total. The Bertz CT molecular complexity index is 1740. The third-order valence-electron chi connectivity index (χ3n) is 7.16. The van der Waals surface area contributed by atoms with Crippen LogP contribution in [-0.2, 0) is 23.7 Å². The number of hydrogen-bond donors (Lipinski definition) is 1. The second-order valence-electron chi connectivity index (χ2n) is 9.80. The maximum Gasteiger partial charge on any atom is 0.213 e. The standard InChI is InChI=1S/C29H31N7O3S/c1-3-40(37,38)36-15-13-35(14-16-36)27-12-10-25-29(32-27)33-28(31-25)22-9-11-26(39-20-21-7-5-4-6-8-21)24(17-22)23-18-30-34(2)19-23/h4-12,17-19H,3,13-16,20H2,1-2H3,(H,31,32,33). The fourth-order valence-electron chi connectivity index (χ4n) is 4.90. The van der Waals surface area contributed by atoms with Gasteiger partial charge in [0.25, 0.3) is 0 Å². The minimum atomic E-state index is -3.18. The van der Waals surface area contributed by atoms with Crippen LogP contribution in [0.25, 0.3) is 33.7 Å². The molecule has 6 rings (SSSR count). The van der Waals surface area contributed by atoms with E-state index in [4.69, 9.17) is 14.7 Å². The van der Waals surface area contributed by atoms with Crippen LogP contribution in [0, 0.1) is 0 Å². The Morgan fingerprint density at radius 1 is 0.950 bits per heavy atom. The Kier molecular flexibility index (Phi) is 6.99. The van der Waals surface area contributed by atoms with Gasteiger partial charge in [0.15, 0.2) is 5.65 Å². The van der Waals surface area contributed by atoms with E-state index in [0.29, 0.717) is 44.3 Å². The topological polar surface area (TPSA) is 109 Å². The number of nitrogens with zero attached hydrogens (tertiary/aromatic N) is 6. The molecular formula is C29H31N7O3S. The number of imidazole rings is 1. The lowest BCUT2D eigenvalue weighted by atomic mass is 10.0. The summed E-state index contributed by atoms with van der Waals surface area (Å²) < 4.78 is 34.0. The molecule has 0 aliphatic carbocycles. The van der Waals surface area contributed by atoms with E-state index < -0.39 is 10.0 Å². The number of benzene rings is 2. The summed E-state index contributed by atoms with van der Waals surface area (Å²) in [6.07, 6.45) is 3.79. The minimum Gasteiger partial charge on any atom is -0.488 e. The number of hydrogen-bond acceptors (Lipinski definition) is 7. The van der Waals surface area contributed by atoms with Gasteiger partial charge in [0, 0.05) is 56.1 Å². The molecule has 5 aromatic rings. The van der Waals surface area contributed by atoms with Crippen LogP contribution in [0.3, 0.4) is 0 Å². The van der Waals surface area contributed by atoms with Gasteiger partial charge in [-0.25, -0.2) is 18.4 Å². The van der Waals surface area contributed by atoms with Crippen LogP contribution in [-0.4, -0.2) is 69.4 Å². The third-order valence-corrected chi connectivity index (χ3v) is 9.04. The predicted molar refractivity (Wildman–Crippen MR) is 156 cm³/mol. The summed E-state index contributed by atoms with van der Waals surface area (Å²) in [4.78, 5) is 15.1. The van der Waals surface area contributed by atoms with Crippen molar-refractivity contribution < 1.29 is 13.2 Å². The van der Waals surface area contributed by atoms with Gasteiger partial charge in [-0.05, 0) is 42.8 Å². The largest absolute Gasteiger partial charge is 0.488 e. The number of piperazine rings is 1. The van der Waals surface area contributed by atoms with E-state index in [2.05, 4.69) is 21.0 Å². The van der Waals surface area contributed by atoms with Crippen LogP contribution in [0.15, 0.2) is 73.1 Å². The number of nitrogens with one attached hydrogen (secondary N) is 1. The van der Waals surface area contributed by atoms with Gasteiger partial charge in [-0.15, -0.1) is 0 Å². The molecule has 10 nitrogen and oxygen atoms in total. The summed E-state index contributed by atoms with van der Waals surface area (Å²) in [6, 6.07) is 20.0. The first-order chi connectivity index (χ1) is 19.4. The number of pyridine rings is 1. The lowest BCUT2D eigenvalue weighted by Gasteiger charge is -2.34. The molecule has 0 bridgehead atoms. The second-order valence-corrected chi connectivity index (χ2v) is 12.1. The smallest absolute Gasteiger partial charge is 0.213 e. The Hall–Kier alpha value is -4.22. The number of sulfonamides is 1. The van der Waals surface area contributed by atoms with Crippen LogP contribution in [0.1, 0.15) is 12.5 Å². The fraction of sp³-hybridized carbons (Fsp3) is 0.276. The lowest BCUT2D eigenvalue weighted by molar-refractivity contribution is 0.307. The summed E-state index contributed by atoms with van der Waals surface area (Å²) in [5, 5.41) is 4.35. The number of anilines is 1. The highest BCUT2D eigenvalue weighted by Crippen LogP contribution is 2.34. The molecule has 40 heavy (non-hydrogen) atoms. The molecule has 2 aromatic carbocycles. The van der Waals surface area contributed by atoms with Crippen molar-refractivity contribution in [1.82, 2.24) is 29.0 Å². The molecular weight excluding hydrogens is 526 g/mol. The highest BCUT2D eigenvalue weighted by atomic mass is 32.2. The first kappa shape index (κ1) is 26.0. The number of aryl methyl sites for hydroxylation is 1. The van der Waals surface area contributed by atoms with Gasteiger partial charge in [-0.1, -0.05) is 30.3 Å². The van der Waals surface area contributed by atoms with Crippen LogP contribution in [0.5, 0.6) is 5.75 Å². The molecule has 1 fully saturated rings. The zero-order chi connectivity index (χ0) is 27.7. The molecule has 0 unspecified atom stereocenters. The Balaban J connectivity index is 1.26. The number of fused-ring (bicyclic) bond motifs is 1. The van der Waals surface area contributed by atoms with Crippen LogP contribution in [0.4, 0.5) is 5.82 Å². The van der Waals surface area contributed by atoms with E-state index in [-0.39, 0.29) is 5.75 Å². The fourth-order valence-corrected chi connectivity index (χ4v) is 5.98. The van der Waals surface area contributed by atoms with Gasteiger partial charge in [0.2, 0.25) is 10.0 Å². The van der Waals surface area contributed by atoms with Crippen molar-refractivity contribution in [3.8, 4) is 28.3 Å². The number of ether oxygens (including phenoxy) is 1. The highest BCUT2D eigenvalue weighted by Gasteiger charge is 2.26. The van der Waals surface area contributed by atoms with Crippen molar-refractivity contribution in [1.29, 1.82) is 0 Å². The normalized spacial score (nSPS) is 14.6. The summed E-state index contributed by atoms with van der Waals surface area (Å²) in [5.74, 6) is 2.40. The second kappa shape index (κ2) is 10.7. The summed E-state index contributed by atoms with van der Waals surface area (Å²) in [6.45, 7) is 4.25. The molecule has 1 saturated heterocycles. The average Bonchev–Trinajstić information content (AvgIpc) is 3.62. The summed E-state index contributed by atoms with van der Waals surface area (Å²) in [5.41, 5.74) is 5.32. The van der Waals surface area contributed by atoms with Crippen molar-refractivity contribution in [2.75, 3.05) is 36.8 Å². The molecule has 0 saturated carbocycles. The maximum atomic E-state index is 12.2. The van der Waals surface area contributed by atoms with Crippen molar-refractivity contribution in [3.05, 3.63) is 78.6 Å². The molecule has 0 amide bonds. The van der Waals surface area contributed by atoms with Crippen molar-refractivity contribution in [2.24, 2.45) is 7.05 Å². The number of rotatable bonds is 8. The van der Waals surface area contributed by atoms with Crippen LogP contribution >= 0.6 is 0 Å². The summed E-state index contributed by atoms with van der Waals surface area (Å²) >= 11 is 0. The average molecular weight is 558 g/mol. The van der Waals surface area contributed by atoms with E-state index in [0.717, 1.165) is 39.3 Å². The number of aromatic nitrogens is 5. The molecule has 1 aliphatic rings. The van der Waals surface area contributed by atoms with E-state index in [1.165, 1.54) is 0 Å². The first-order valence-corrected chi connectivity index (χ1v) is 14.9.